The van der Waals surface area contributed by atoms with Gasteiger partial charge in [-0.15, -0.1) is 0 Å². The minimum Gasteiger partial charge on any atom is -0.426 e. The Morgan fingerprint density at radius 1 is 1.46 bits per heavy atom. The molecule has 0 amide bonds. The molecule has 0 fully saturated rings. The van der Waals surface area contributed by atoms with E-state index in [1.165, 1.54) is 0 Å². The number of allylic oxidation sites excluding steroid dienone is 1. The molecular weight excluding hydrogens is 167 g/mol. The molecule has 1 aliphatic rings. The summed E-state index contributed by atoms with van der Waals surface area (Å²) in [5.74, 6) is 0. The second-order valence-corrected chi connectivity index (χ2v) is 3.11. The molecule has 4 nitrogen and oxygen atoms in total. The van der Waals surface area contributed by atoms with Crippen molar-refractivity contribution in [3.05, 3.63) is 23.9 Å². The lowest BCUT2D eigenvalue weighted by atomic mass is 9.61. The van der Waals surface area contributed by atoms with E-state index in [0.29, 0.717) is 6.42 Å². The van der Waals surface area contributed by atoms with Gasteiger partial charge in [-0.05, 0) is 19.5 Å². The molecule has 1 unspecified atom stereocenters. The van der Waals surface area contributed by atoms with Crippen molar-refractivity contribution < 1.29 is 10.0 Å². The SMILES string of the molecule is CNC1=CCC(NC)(B(O)O)C=C1. The van der Waals surface area contributed by atoms with Gasteiger partial charge in [0, 0.05) is 12.7 Å². The third-order valence-corrected chi connectivity index (χ3v) is 2.43. The summed E-state index contributed by atoms with van der Waals surface area (Å²) in [6.45, 7) is 0. The average Bonchev–Trinajstić information content (AvgIpc) is 2.17. The monoisotopic (exact) mass is 182 g/mol. The number of hydrogen-bond acceptors (Lipinski definition) is 4. The first-order valence-corrected chi connectivity index (χ1v) is 4.27. The van der Waals surface area contributed by atoms with E-state index in [1.807, 2.05) is 19.2 Å². The maximum Gasteiger partial charge on any atom is 0.477 e. The van der Waals surface area contributed by atoms with Crippen LogP contribution in [0.4, 0.5) is 0 Å². The fourth-order valence-corrected chi connectivity index (χ4v) is 1.34. The normalized spacial score (nSPS) is 26.9. The molecular formula is C8H15BN2O2. The lowest BCUT2D eigenvalue weighted by Crippen LogP contribution is -2.55. The summed E-state index contributed by atoms with van der Waals surface area (Å²) in [6, 6.07) is 0. The van der Waals surface area contributed by atoms with E-state index in [1.54, 1.807) is 13.1 Å². The lowest BCUT2D eigenvalue weighted by molar-refractivity contribution is 0.343. The van der Waals surface area contributed by atoms with Crippen molar-refractivity contribution in [2.24, 2.45) is 0 Å². The van der Waals surface area contributed by atoms with Crippen LogP contribution in [0.15, 0.2) is 23.9 Å². The van der Waals surface area contributed by atoms with Crippen LogP contribution in [-0.2, 0) is 0 Å². The molecule has 0 aliphatic heterocycles. The highest BCUT2D eigenvalue weighted by atomic mass is 16.4. The quantitative estimate of drug-likeness (QED) is 0.423. The van der Waals surface area contributed by atoms with Gasteiger partial charge in [0.15, 0.2) is 0 Å². The molecule has 0 saturated carbocycles. The van der Waals surface area contributed by atoms with Crippen LogP contribution >= 0.6 is 0 Å². The molecule has 0 aromatic carbocycles. The van der Waals surface area contributed by atoms with Crippen molar-refractivity contribution >= 4 is 7.12 Å². The molecule has 4 N–H and O–H groups in total. The molecule has 1 aliphatic carbocycles. The summed E-state index contributed by atoms with van der Waals surface area (Å²) in [5, 5.41) is 24.2. The summed E-state index contributed by atoms with van der Waals surface area (Å²) in [6.07, 6.45) is 6.09. The predicted octanol–water partition coefficient (Wildman–Crippen LogP) is -0.980. The third kappa shape index (κ3) is 1.93. The Labute approximate surface area is 78.5 Å². The van der Waals surface area contributed by atoms with Crippen LogP contribution in [0.5, 0.6) is 0 Å². The largest absolute Gasteiger partial charge is 0.477 e. The van der Waals surface area contributed by atoms with Gasteiger partial charge >= 0.3 is 7.12 Å². The van der Waals surface area contributed by atoms with Crippen LogP contribution in [0.2, 0.25) is 0 Å². The first kappa shape index (κ1) is 10.3. The molecule has 5 heteroatoms. The number of likely N-dealkylation sites (N-methyl/N-ethyl adjacent to an activating group) is 2. The summed E-state index contributed by atoms with van der Waals surface area (Å²) in [5.41, 5.74) is 0.256. The van der Waals surface area contributed by atoms with E-state index in [-0.39, 0.29) is 0 Å². The van der Waals surface area contributed by atoms with Gasteiger partial charge in [0.25, 0.3) is 0 Å². The third-order valence-electron chi connectivity index (χ3n) is 2.43. The van der Waals surface area contributed by atoms with E-state index >= 15 is 0 Å². The Kier molecular flexibility index (Phi) is 3.14. The second-order valence-electron chi connectivity index (χ2n) is 3.11. The minimum atomic E-state index is -1.39. The smallest absolute Gasteiger partial charge is 0.426 e. The molecule has 13 heavy (non-hydrogen) atoms. The predicted molar refractivity (Wildman–Crippen MR) is 52.9 cm³/mol. The fourth-order valence-electron chi connectivity index (χ4n) is 1.34. The highest BCUT2D eigenvalue weighted by molar-refractivity contribution is 6.46. The van der Waals surface area contributed by atoms with Crippen LogP contribution in [0.1, 0.15) is 6.42 Å². The van der Waals surface area contributed by atoms with Gasteiger partial charge in [0.2, 0.25) is 0 Å². The van der Waals surface area contributed by atoms with Gasteiger partial charge < -0.3 is 20.7 Å². The molecule has 0 aromatic rings. The van der Waals surface area contributed by atoms with Gasteiger partial charge in [-0.1, -0.05) is 12.2 Å². The molecule has 1 rings (SSSR count). The number of rotatable bonds is 3. The molecule has 0 bridgehead atoms. The summed E-state index contributed by atoms with van der Waals surface area (Å²) >= 11 is 0. The Bertz CT molecular complexity index is 240. The van der Waals surface area contributed by atoms with E-state index in [4.69, 9.17) is 0 Å². The van der Waals surface area contributed by atoms with Crippen LogP contribution in [0.25, 0.3) is 0 Å². The Morgan fingerprint density at radius 3 is 2.46 bits per heavy atom. The Balaban J connectivity index is 2.77. The summed E-state index contributed by atoms with van der Waals surface area (Å²) in [4.78, 5) is 0. The zero-order valence-corrected chi connectivity index (χ0v) is 7.91. The maximum absolute atomic E-state index is 9.18. The van der Waals surface area contributed by atoms with Crippen LogP contribution in [0, 0.1) is 0 Å². The Morgan fingerprint density at radius 2 is 2.15 bits per heavy atom. The minimum absolute atomic E-state index is 0.563. The molecule has 1 atom stereocenters. The second kappa shape index (κ2) is 3.96. The zero-order valence-electron chi connectivity index (χ0n) is 7.91. The van der Waals surface area contributed by atoms with Crippen LogP contribution < -0.4 is 10.6 Å². The highest BCUT2D eigenvalue weighted by Gasteiger charge is 2.38. The van der Waals surface area contributed by atoms with Crippen molar-refractivity contribution in [3.63, 3.8) is 0 Å². The first-order chi connectivity index (χ1) is 6.14. The van der Waals surface area contributed by atoms with E-state index in [2.05, 4.69) is 10.6 Å². The average molecular weight is 182 g/mol. The van der Waals surface area contributed by atoms with Gasteiger partial charge in [-0.2, -0.15) is 0 Å². The topological polar surface area (TPSA) is 64.5 Å². The zero-order chi connectivity index (χ0) is 9.90. The first-order valence-electron chi connectivity index (χ1n) is 4.27. The summed E-state index contributed by atoms with van der Waals surface area (Å²) in [7, 11) is 2.16. The van der Waals surface area contributed by atoms with Crippen LogP contribution in [-0.4, -0.2) is 36.7 Å². The fraction of sp³-hybridized carbons (Fsp3) is 0.500. The molecule has 0 spiro atoms. The van der Waals surface area contributed by atoms with Crippen molar-refractivity contribution in [2.45, 2.75) is 11.9 Å². The Hall–Kier alpha value is -0.775. The molecule has 0 aromatic heterocycles. The van der Waals surface area contributed by atoms with Crippen molar-refractivity contribution in [3.8, 4) is 0 Å². The molecule has 0 radical (unpaired) electrons. The van der Waals surface area contributed by atoms with Crippen LogP contribution in [0.3, 0.4) is 0 Å². The van der Waals surface area contributed by atoms with Crippen molar-refractivity contribution in [1.29, 1.82) is 0 Å². The van der Waals surface area contributed by atoms with Gasteiger partial charge in [-0.25, -0.2) is 0 Å². The highest BCUT2D eigenvalue weighted by Crippen LogP contribution is 2.20. The lowest BCUT2D eigenvalue weighted by Gasteiger charge is -2.30. The standard InChI is InChI=1S/C8H15BN2O2/c1-10-7-3-5-8(11-2,6-4-7)9(12)13/h3-5,10-13H,6H2,1-2H3. The number of hydrogen-bond donors (Lipinski definition) is 4. The van der Waals surface area contributed by atoms with Gasteiger partial charge in [0.05, 0.1) is 5.44 Å². The van der Waals surface area contributed by atoms with Gasteiger partial charge in [0.1, 0.15) is 0 Å². The number of nitrogens with one attached hydrogen (secondary N) is 2. The van der Waals surface area contributed by atoms with Crippen molar-refractivity contribution in [2.75, 3.05) is 14.1 Å². The molecule has 72 valence electrons. The molecule has 0 saturated heterocycles. The maximum atomic E-state index is 9.18. The van der Waals surface area contributed by atoms with E-state index in [0.717, 1.165) is 5.70 Å². The van der Waals surface area contributed by atoms with E-state index < -0.39 is 12.6 Å². The summed E-state index contributed by atoms with van der Waals surface area (Å²) < 4.78 is 0. The van der Waals surface area contributed by atoms with Gasteiger partial charge in [-0.3, -0.25) is 0 Å². The van der Waals surface area contributed by atoms with E-state index in [9.17, 15) is 10.0 Å². The molecule has 0 heterocycles. The van der Waals surface area contributed by atoms with Crippen molar-refractivity contribution in [1.82, 2.24) is 10.6 Å².